The van der Waals surface area contributed by atoms with Gasteiger partial charge in [-0.2, -0.15) is 0 Å². The smallest absolute Gasteiger partial charge is 0.242 e. The maximum atomic E-state index is 11.7. The first-order valence-corrected chi connectivity index (χ1v) is 6.96. The highest BCUT2D eigenvalue weighted by atomic mass is 32.2. The summed E-state index contributed by atoms with van der Waals surface area (Å²) >= 11 is 0. The molecule has 18 heavy (non-hydrogen) atoms. The third-order valence-electron chi connectivity index (χ3n) is 2.32. The molecule has 0 bridgehead atoms. The monoisotopic (exact) mass is 271 g/mol. The molecule has 0 atom stereocenters. The Labute approximate surface area is 107 Å². The van der Waals surface area contributed by atoms with Gasteiger partial charge in [0.05, 0.1) is 5.69 Å². The van der Waals surface area contributed by atoms with Crippen LogP contribution in [0.5, 0.6) is 0 Å². The fourth-order valence-corrected chi connectivity index (χ4v) is 2.25. The van der Waals surface area contributed by atoms with Crippen molar-refractivity contribution in [2.75, 3.05) is 26.0 Å². The summed E-state index contributed by atoms with van der Waals surface area (Å²) in [5, 5.41) is 5.44. The fraction of sp³-hybridized carbons (Fsp3) is 0.364. The highest BCUT2D eigenvalue weighted by Crippen LogP contribution is 2.20. The van der Waals surface area contributed by atoms with Gasteiger partial charge in [-0.1, -0.05) is 12.1 Å². The summed E-state index contributed by atoms with van der Waals surface area (Å²) in [7, 11) is -0.504. The van der Waals surface area contributed by atoms with Gasteiger partial charge in [0, 0.05) is 13.0 Å². The van der Waals surface area contributed by atoms with E-state index in [9.17, 15) is 13.2 Å². The lowest BCUT2D eigenvalue weighted by molar-refractivity contribution is -0.116. The Bertz CT molecular complexity index is 514. The van der Waals surface area contributed by atoms with Gasteiger partial charge in [0.1, 0.15) is 4.90 Å². The van der Waals surface area contributed by atoms with Crippen LogP contribution in [0, 0.1) is 0 Å². The lowest BCUT2D eigenvalue weighted by Gasteiger charge is -2.10. The number of amides is 1. The molecule has 0 heterocycles. The Balaban J connectivity index is 2.93. The van der Waals surface area contributed by atoms with Crippen molar-refractivity contribution in [1.82, 2.24) is 10.0 Å². The van der Waals surface area contributed by atoms with E-state index in [0.717, 1.165) is 0 Å². The van der Waals surface area contributed by atoms with Gasteiger partial charge in [-0.05, 0) is 26.2 Å². The Morgan fingerprint density at radius 3 is 2.50 bits per heavy atom. The first-order valence-electron chi connectivity index (χ1n) is 5.48. The van der Waals surface area contributed by atoms with E-state index in [1.54, 1.807) is 25.2 Å². The van der Waals surface area contributed by atoms with Crippen LogP contribution < -0.4 is 15.4 Å². The zero-order chi connectivity index (χ0) is 13.6. The maximum Gasteiger partial charge on any atom is 0.242 e. The van der Waals surface area contributed by atoms with E-state index in [1.165, 1.54) is 13.1 Å². The summed E-state index contributed by atoms with van der Waals surface area (Å²) in [6, 6.07) is 6.27. The molecule has 1 aromatic carbocycles. The third kappa shape index (κ3) is 3.80. The van der Waals surface area contributed by atoms with Gasteiger partial charge in [-0.25, -0.2) is 13.1 Å². The van der Waals surface area contributed by atoms with Crippen molar-refractivity contribution >= 4 is 21.6 Å². The largest absolute Gasteiger partial charge is 0.325 e. The second kappa shape index (κ2) is 6.48. The quantitative estimate of drug-likeness (QED) is 0.687. The summed E-state index contributed by atoms with van der Waals surface area (Å²) in [5.41, 5.74) is 0.285. The molecule has 0 aliphatic carbocycles. The number of benzene rings is 1. The molecule has 1 aromatic rings. The minimum Gasteiger partial charge on any atom is -0.325 e. The molecule has 0 spiro atoms. The van der Waals surface area contributed by atoms with Gasteiger partial charge in [-0.15, -0.1) is 0 Å². The van der Waals surface area contributed by atoms with E-state index < -0.39 is 10.0 Å². The number of nitrogens with one attached hydrogen (secondary N) is 3. The first kappa shape index (κ1) is 14.6. The Morgan fingerprint density at radius 2 is 1.89 bits per heavy atom. The maximum absolute atomic E-state index is 11.7. The zero-order valence-corrected chi connectivity index (χ0v) is 11.2. The standard InChI is InChI=1S/C11H17N3O3S/c1-12-8-7-11(15)14-9-5-3-4-6-10(9)18(16,17)13-2/h3-6,12-13H,7-8H2,1-2H3,(H,14,15). The number of para-hydroxylation sites is 1. The van der Waals surface area contributed by atoms with E-state index in [4.69, 9.17) is 0 Å². The van der Waals surface area contributed by atoms with E-state index in [-0.39, 0.29) is 22.9 Å². The van der Waals surface area contributed by atoms with Crippen LogP contribution in [0.15, 0.2) is 29.2 Å². The van der Waals surface area contributed by atoms with Gasteiger partial charge in [0.15, 0.2) is 0 Å². The predicted molar refractivity (Wildman–Crippen MR) is 69.9 cm³/mol. The van der Waals surface area contributed by atoms with Crippen molar-refractivity contribution in [3.8, 4) is 0 Å². The van der Waals surface area contributed by atoms with Crippen LogP contribution in [-0.2, 0) is 14.8 Å². The van der Waals surface area contributed by atoms with E-state index in [2.05, 4.69) is 15.4 Å². The van der Waals surface area contributed by atoms with Gasteiger partial charge in [0.2, 0.25) is 15.9 Å². The van der Waals surface area contributed by atoms with E-state index in [1.807, 2.05) is 0 Å². The van der Waals surface area contributed by atoms with E-state index >= 15 is 0 Å². The lowest BCUT2D eigenvalue weighted by atomic mass is 10.3. The van der Waals surface area contributed by atoms with Gasteiger partial charge < -0.3 is 10.6 Å². The summed E-state index contributed by atoms with van der Waals surface area (Å²) in [6.45, 7) is 0.535. The Morgan fingerprint density at radius 1 is 1.22 bits per heavy atom. The molecule has 100 valence electrons. The Hall–Kier alpha value is -1.44. The van der Waals surface area contributed by atoms with Crippen molar-refractivity contribution in [3.63, 3.8) is 0 Å². The summed E-state index contributed by atoms with van der Waals surface area (Å²) in [5.74, 6) is -0.233. The van der Waals surface area contributed by atoms with Crippen LogP contribution in [0.4, 0.5) is 5.69 Å². The van der Waals surface area contributed by atoms with Gasteiger partial charge in [-0.3, -0.25) is 4.79 Å². The third-order valence-corrected chi connectivity index (χ3v) is 3.79. The number of carbonyl (C=O) groups is 1. The molecule has 6 nitrogen and oxygen atoms in total. The number of hydrogen-bond acceptors (Lipinski definition) is 4. The molecule has 0 radical (unpaired) electrons. The molecular weight excluding hydrogens is 254 g/mol. The lowest BCUT2D eigenvalue weighted by Crippen LogP contribution is -2.23. The second-order valence-electron chi connectivity index (χ2n) is 3.61. The minimum atomic E-state index is -3.58. The minimum absolute atomic E-state index is 0.0605. The molecular formula is C11H17N3O3S. The number of rotatable bonds is 6. The van der Waals surface area contributed by atoms with Gasteiger partial charge >= 0.3 is 0 Å². The van der Waals surface area contributed by atoms with Crippen molar-refractivity contribution in [2.45, 2.75) is 11.3 Å². The number of hydrogen-bond donors (Lipinski definition) is 3. The zero-order valence-electron chi connectivity index (χ0n) is 10.4. The number of anilines is 1. The van der Waals surface area contributed by atoms with Crippen LogP contribution in [0.2, 0.25) is 0 Å². The van der Waals surface area contributed by atoms with Crippen molar-refractivity contribution in [3.05, 3.63) is 24.3 Å². The summed E-state index contributed by atoms with van der Waals surface area (Å²) in [4.78, 5) is 11.6. The molecule has 1 rings (SSSR count). The van der Waals surface area contributed by atoms with Crippen molar-refractivity contribution < 1.29 is 13.2 Å². The number of carbonyl (C=O) groups excluding carboxylic acids is 1. The average molecular weight is 271 g/mol. The average Bonchev–Trinajstić information content (AvgIpc) is 2.37. The molecule has 0 saturated heterocycles. The van der Waals surface area contributed by atoms with Crippen LogP contribution in [0.3, 0.4) is 0 Å². The summed E-state index contributed by atoms with van der Waals surface area (Å²) < 4.78 is 25.7. The normalized spacial score (nSPS) is 11.2. The predicted octanol–water partition coefficient (Wildman–Crippen LogP) is 0.143. The van der Waals surface area contributed by atoms with Crippen LogP contribution in [-0.4, -0.2) is 35.0 Å². The molecule has 7 heteroatoms. The summed E-state index contributed by atoms with van der Waals surface area (Å²) in [6.07, 6.45) is 0.282. The highest BCUT2D eigenvalue weighted by molar-refractivity contribution is 7.89. The molecule has 0 aromatic heterocycles. The topological polar surface area (TPSA) is 87.3 Å². The molecule has 0 aliphatic rings. The molecule has 0 fully saturated rings. The Kier molecular flexibility index (Phi) is 5.26. The molecule has 0 aliphatic heterocycles. The molecule has 0 unspecified atom stereocenters. The molecule has 1 amide bonds. The van der Waals surface area contributed by atoms with Gasteiger partial charge in [0.25, 0.3) is 0 Å². The van der Waals surface area contributed by atoms with Crippen LogP contribution >= 0.6 is 0 Å². The molecule has 0 saturated carbocycles. The van der Waals surface area contributed by atoms with Crippen molar-refractivity contribution in [2.24, 2.45) is 0 Å². The first-order chi connectivity index (χ1) is 8.51. The fourth-order valence-electron chi connectivity index (χ4n) is 1.37. The molecule has 3 N–H and O–H groups in total. The SMILES string of the molecule is CNCCC(=O)Nc1ccccc1S(=O)(=O)NC. The second-order valence-corrected chi connectivity index (χ2v) is 5.46. The highest BCUT2D eigenvalue weighted by Gasteiger charge is 2.17. The van der Waals surface area contributed by atoms with Crippen molar-refractivity contribution in [1.29, 1.82) is 0 Å². The van der Waals surface area contributed by atoms with Crippen LogP contribution in [0.25, 0.3) is 0 Å². The van der Waals surface area contributed by atoms with Crippen LogP contribution in [0.1, 0.15) is 6.42 Å². The number of sulfonamides is 1. The van der Waals surface area contributed by atoms with E-state index in [0.29, 0.717) is 6.54 Å².